The molecule has 0 saturated carbocycles. The molecule has 0 fully saturated rings. The number of hydrogen-bond donors (Lipinski definition) is 0. The predicted molar refractivity (Wildman–Crippen MR) is 127 cm³/mol. The second-order valence-corrected chi connectivity index (χ2v) is 7.60. The Morgan fingerprint density at radius 1 is 0.968 bits per heavy atom. The minimum Gasteiger partial charge on any atom is -0.445 e. The van der Waals surface area contributed by atoms with E-state index in [0.717, 1.165) is 30.4 Å². The van der Waals surface area contributed by atoms with Crippen LogP contribution in [0.1, 0.15) is 43.7 Å². The van der Waals surface area contributed by atoms with Crippen LogP contribution in [-0.4, -0.2) is 29.7 Å². The van der Waals surface area contributed by atoms with Gasteiger partial charge < -0.3 is 14.4 Å². The summed E-state index contributed by atoms with van der Waals surface area (Å²) in [5.74, 6) is 0. The summed E-state index contributed by atoms with van der Waals surface area (Å²) in [6.45, 7) is 11.1. The van der Waals surface area contributed by atoms with Gasteiger partial charge in [0.05, 0.1) is 12.7 Å². The van der Waals surface area contributed by atoms with Crippen LogP contribution in [0.4, 0.5) is 4.79 Å². The molecule has 0 spiro atoms. The highest BCUT2D eigenvalue weighted by Gasteiger charge is 2.26. The van der Waals surface area contributed by atoms with Gasteiger partial charge in [0.1, 0.15) is 6.61 Å². The highest BCUT2D eigenvalue weighted by molar-refractivity contribution is 5.68. The summed E-state index contributed by atoms with van der Waals surface area (Å²) >= 11 is 0. The molecule has 31 heavy (non-hydrogen) atoms. The minimum atomic E-state index is -0.339. The fraction of sp³-hybridized carbons (Fsp3) is 0.370. The van der Waals surface area contributed by atoms with Crippen LogP contribution in [0.25, 0.3) is 0 Å². The molecule has 0 aliphatic heterocycles. The van der Waals surface area contributed by atoms with Gasteiger partial charge in [0.25, 0.3) is 0 Å². The SMILES string of the molecule is C=CC[C@H](C[C@@H](CCC)OCc1ccccc1)N(CC=C)C(=O)OCc1ccccc1. The quantitative estimate of drug-likeness (QED) is 0.325. The van der Waals surface area contributed by atoms with Gasteiger partial charge >= 0.3 is 6.09 Å². The lowest BCUT2D eigenvalue weighted by molar-refractivity contribution is 0.00817. The summed E-state index contributed by atoms with van der Waals surface area (Å²) in [5, 5.41) is 0. The topological polar surface area (TPSA) is 38.8 Å². The highest BCUT2D eigenvalue weighted by Crippen LogP contribution is 2.20. The number of benzene rings is 2. The Balaban J connectivity index is 2.04. The van der Waals surface area contributed by atoms with Crippen molar-refractivity contribution in [2.24, 2.45) is 0 Å². The first-order chi connectivity index (χ1) is 15.2. The number of hydrogen-bond acceptors (Lipinski definition) is 3. The van der Waals surface area contributed by atoms with E-state index in [1.54, 1.807) is 11.0 Å². The molecule has 0 N–H and O–H groups in total. The van der Waals surface area contributed by atoms with Crippen molar-refractivity contribution >= 4 is 6.09 Å². The molecule has 2 aromatic carbocycles. The van der Waals surface area contributed by atoms with Crippen LogP contribution >= 0.6 is 0 Å². The number of amides is 1. The van der Waals surface area contributed by atoms with Crippen LogP contribution in [0.15, 0.2) is 86.0 Å². The zero-order chi connectivity index (χ0) is 22.3. The third-order valence-corrected chi connectivity index (χ3v) is 5.12. The molecule has 0 unspecified atom stereocenters. The molecule has 0 aliphatic rings. The number of nitrogens with zero attached hydrogens (tertiary/aromatic N) is 1. The zero-order valence-electron chi connectivity index (χ0n) is 18.6. The van der Waals surface area contributed by atoms with Crippen LogP contribution in [-0.2, 0) is 22.7 Å². The average Bonchev–Trinajstić information content (AvgIpc) is 2.80. The van der Waals surface area contributed by atoms with E-state index in [9.17, 15) is 4.79 Å². The van der Waals surface area contributed by atoms with Crippen LogP contribution in [0.3, 0.4) is 0 Å². The first-order valence-electron chi connectivity index (χ1n) is 11.0. The molecule has 0 bridgehead atoms. The van der Waals surface area contributed by atoms with Gasteiger partial charge in [-0.1, -0.05) is 86.2 Å². The van der Waals surface area contributed by atoms with Crippen LogP contribution in [0.2, 0.25) is 0 Å². The van der Waals surface area contributed by atoms with Crippen molar-refractivity contribution in [2.45, 2.75) is 58.0 Å². The third kappa shape index (κ3) is 8.81. The molecule has 1 amide bonds. The van der Waals surface area contributed by atoms with Gasteiger partial charge in [0, 0.05) is 12.6 Å². The summed E-state index contributed by atoms with van der Waals surface area (Å²) in [7, 11) is 0. The monoisotopic (exact) mass is 421 g/mol. The summed E-state index contributed by atoms with van der Waals surface area (Å²) in [6, 6.07) is 19.8. The lowest BCUT2D eigenvalue weighted by atomic mass is 10.0. The normalized spacial score (nSPS) is 12.5. The van der Waals surface area contributed by atoms with Gasteiger partial charge in [0.15, 0.2) is 0 Å². The van der Waals surface area contributed by atoms with Crippen molar-refractivity contribution in [2.75, 3.05) is 6.54 Å². The maximum Gasteiger partial charge on any atom is 0.410 e. The number of ether oxygens (including phenoxy) is 2. The number of carbonyl (C=O) groups excluding carboxylic acids is 1. The summed E-state index contributed by atoms with van der Waals surface area (Å²) in [5.41, 5.74) is 2.11. The van der Waals surface area contributed by atoms with Crippen molar-refractivity contribution in [3.63, 3.8) is 0 Å². The van der Waals surface area contributed by atoms with Gasteiger partial charge in [-0.25, -0.2) is 4.79 Å². The zero-order valence-corrected chi connectivity index (χ0v) is 18.6. The number of carbonyl (C=O) groups is 1. The fourth-order valence-corrected chi connectivity index (χ4v) is 3.54. The van der Waals surface area contributed by atoms with Crippen LogP contribution in [0, 0.1) is 0 Å². The van der Waals surface area contributed by atoms with Crippen LogP contribution < -0.4 is 0 Å². The molecular formula is C27H35NO3. The maximum atomic E-state index is 12.9. The molecule has 0 saturated heterocycles. The Morgan fingerprint density at radius 2 is 1.58 bits per heavy atom. The first kappa shape index (κ1) is 24.4. The van der Waals surface area contributed by atoms with E-state index in [1.165, 1.54) is 0 Å². The summed E-state index contributed by atoms with van der Waals surface area (Å²) < 4.78 is 11.8. The molecule has 0 heterocycles. The highest BCUT2D eigenvalue weighted by atomic mass is 16.6. The minimum absolute atomic E-state index is 0.0457. The molecule has 4 nitrogen and oxygen atoms in total. The lowest BCUT2D eigenvalue weighted by Gasteiger charge is -2.32. The molecule has 0 aromatic heterocycles. The van der Waals surface area contributed by atoms with E-state index in [-0.39, 0.29) is 24.8 Å². The Morgan fingerprint density at radius 3 is 2.13 bits per heavy atom. The van der Waals surface area contributed by atoms with E-state index in [0.29, 0.717) is 19.6 Å². The Hall–Kier alpha value is -2.85. The van der Waals surface area contributed by atoms with Crippen LogP contribution in [0.5, 0.6) is 0 Å². The molecular weight excluding hydrogens is 386 g/mol. The molecule has 2 atom stereocenters. The van der Waals surface area contributed by atoms with E-state index in [1.807, 2.05) is 54.6 Å². The largest absolute Gasteiger partial charge is 0.445 e. The van der Waals surface area contributed by atoms with E-state index < -0.39 is 0 Å². The molecule has 0 aliphatic carbocycles. The summed E-state index contributed by atoms with van der Waals surface area (Å²) in [4.78, 5) is 14.7. The van der Waals surface area contributed by atoms with Crippen molar-refractivity contribution in [1.82, 2.24) is 4.90 Å². The van der Waals surface area contributed by atoms with Crippen molar-refractivity contribution in [3.05, 3.63) is 97.1 Å². The standard InChI is InChI=1S/C27H35NO3/c1-4-13-25(20-26(14-5-2)30-21-23-15-9-7-10-16-23)28(19-6-3)27(29)31-22-24-17-11-8-12-18-24/h4,6-12,15-18,25-26H,1,3,5,13-14,19-22H2,2H3/t25-,26-/m1/s1. The Kier molecular flexibility index (Phi) is 11.2. The predicted octanol–water partition coefficient (Wildman–Crippen LogP) is 6.53. The first-order valence-corrected chi connectivity index (χ1v) is 11.0. The summed E-state index contributed by atoms with van der Waals surface area (Å²) in [6.07, 6.45) is 6.63. The van der Waals surface area contributed by atoms with Gasteiger partial charge in [-0.3, -0.25) is 0 Å². The van der Waals surface area contributed by atoms with Gasteiger partial charge in [-0.2, -0.15) is 0 Å². The molecule has 166 valence electrons. The number of rotatable bonds is 14. The van der Waals surface area contributed by atoms with Crippen molar-refractivity contribution in [1.29, 1.82) is 0 Å². The Bertz CT molecular complexity index is 776. The molecule has 4 heteroatoms. The molecule has 2 rings (SSSR count). The van der Waals surface area contributed by atoms with E-state index in [4.69, 9.17) is 9.47 Å². The van der Waals surface area contributed by atoms with Gasteiger partial charge in [-0.15, -0.1) is 13.2 Å². The lowest BCUT2D eigenvalue weighted by Crippen LogP contribution is -2.42. The van der Waals surface area contributed by atoms with E-state index >= 15 is 0 Å². The molecule has 2 aromatic rings. The Labute approximate surface area is 187 Å². The van der Waals surface area contributed by atoms with Gasteiger partial charge in [0.2, 0.25) is 0 Å². The van der Waals surface area contributed by atoms with Crippen molar-refractivity contribution < 1.29 is 14.3 Å². The maximum absolute atomic E-state index is 12.9. The fourth-order valence-electron chi connectivity index (χ4n) is 3.54. The average molecular weight is 422 g/mol. The second-order valence-electron chi connectivity index (χ2n) is 7.60. The smallest absolute Gasteiger partial charge is 0.410 e. The third-order valence-electron chi connectivity index (χ3n) is 5.12. The van der Waals surface area contributed by atoms with Gasteiger partial charge in [-0.05, 0) is 30.4 Å². The molecule has 0 radical (unpaired) electrons. The van der Waals surface area contributed by atoms with E-state index in [2.05, 4.69) is 32.2 Å². The van der Waals surface area contributed by atoms with Crippen molar-refractivity contribution in [3.8, 4) is 0 Å². The second kappa shape index (κ2) is 14.2.